The molecule has 29 heavy (non-hydrogen) atoms. The predicted molar refractivity (Wildman–Crippen MR) is 110 cm³/mol. The van der Waals surface area contributed by atoms with E-state index < -0.39 is 15.9 Å². The maximum Gasteiger partial charge on any atom is 0.277 e. The van der Waals surface area contributed by atoms with Crippen molar-refractivity contribution in [2.45, 2.75) is 24.7 Å². The number of carbonyl (C=O) groups is 1. The highest BCUT2D eigenvalue weighted by Crippen LogP contribution is 2.18. The average Bonchev–Trinajstić information content (AvgIpc) is 3.23. The summed E-state index contributed by atoms with van der Waals surface area (Å²) in [6.07, 6.45) is 3.09. The fraction of sp³-hybridized carbons (Fsp3) is 0.250. The molecule has 0 radical (unpaired) electrons. The number of anilines is 1. The van der Waals surface area contributed by atoms with Gasteiger partial charge in [0.1, 0.15) is 0 Å². The first-order valence-electron chi connectivity index (χ1n) is 9.27. The van der Waals surface area contributed by atoms with E-state index in [1.54, 1.807) is 19.2 Å². The van der Waals surface area contributed by atoms with Crippen molar-refractivity contribution in [2.75, 3.05) is 18.9 Å². The number of sulfonamides is 1. The number of unbranched alkanes of at least 4 members (excludes halogenated alkanes) is 1. The summed E-state index contributed by atoms with van der Waals surface area (Å²) in [7, 11) is -1.97. The lowest BCUT2D eigenvalue weighted by molar-refractivity contribution is 0.102. The van der Waals surface area contributed by atoms with Gasteiger partial charge in [0.05, 0.1) is 16.8 Å². The Morgan fingerprint density at radius 2 is 1.79 bits per heavy atom. The van der Waals surface area contributed by atoms with Crippen molar-refractivity contribution in [1.82, 2.24) is 19.3 Å². The first-order chi connectivity index (χ1) is 13.9. The lowest BCUT2D eigenvalue weighted by atomic mass is 10.3. The number of hydrogen-bond donors (Lipinski definition) is 1. The third kappa shape index (κ3) is 4.87. The van der Waals surface area contributed by atoms with Gasteiger partial charge >= 0.3 is 0 Å². The van der Waals surface area contributed by atoms with E-state index in [0.29, 0.717) is 12.2 Å². The molecule has 0 spiro atoms. The second-order valence-corrected chi connectivity index (χ2v) is 8.56. The molecular weight excluding hydrogens is 390 g/mol. The maximum atomic E-state index is 12.5. The van der Waals surface area contributed by atoms with Gasteiger partial charge in [0.15, 0.2) is 5.69 Å². The van der Waals surface area contributed by atoms with Gasteiger partial charge < -0.3 is 5.32 Å². The highest BCUT2D eigenvalue weighted by atomic mass is 32.2. The van der Waals surface area contributed by atoms with Crippen LogP contribution < -0.4 is 5.32 Å². The average molecular weight is 414 g/mol. The third-order valence-corrected chi connectivity index (χ3v) is 6.23. The number of rotatable bonds is 8. The molecule has 0 atom stereocenters. The topological polar surface area (TPSA) is 97.2 Å². The minimum atomic E-state index is -3.54. The van der Waals surface area contributed by atoms with E-state index in [-0.39, 0.29) is 10.6 Å². The van der Waals surface area contributed by atoms with Gasteiger partial charge in [-0.15, -0.1) is 5.10 Å². The van der Waals surface area contributed by atoms with Gasteiger partial charge in [0.2, 0.25) is 10.0 Å². The second kappa shape index (κ2) is 8.97. The smallest absolute Gasteiger partial charge is 0.277 e. The Balaban J connectivity index is 1.68. The van der Waals surface area contributed by atoms with Gasteiger partial charge in [-0.1, -0.05) is 31.5 Å². The number of carbonyl (C=O) groups excluding carboxylic acids is 1. The summed E-state index contributed by atoms with van der Waals surface area (Å²) in [4.78, 5) is 14.0. The minimum absolute atomic E-state index is 0.157. The minimum Gasteiger partial charge on any atom is -0.321 e. The SMILES string of the molecule is CCCCN(C)S(=O)(=O)c1ccc(NC(=O)c2cnn(-c3ccccc3)n2)cc1. The summed E-state index contributed by atoms with van der Waals surface area (Å²) in [5.41, 5.74) is 1.37. The Bertz CT molecular complexity index is 1060. The number of para-hydroxylation sites is 1. The number of nitrogens with zero attached hydrogens (tertiary/aromatic N) is 4. The molecule has 152 valence electrons. The van der Waals surface area contributed by atoms with Gasteiger partial charge in [-0.2, -0.15) is 9.90 Å². The molecule has 1 N–H and O–H groups in total. The molecule has 0 saturated carbocycles. The molecule has 0 aliphatic rings. The van der Waals surface area contributed by atoms with Gasteiger partial charge in [-0.05, 0) is 42.8 Å². The molecule has 9 heteroatoms. The molecule has 0 unspecified atom stereocenters. The summed E-state index contributed by atoms with van der Waals surface area (Å²) in [5, 5.41) is 11.0. The van der Waals surface area contributed by atoms with Crippen LogP contribution in [0.4, 0.5) is 5.69 Å². The van der Waals surface area contributed by atoms with E-state index in [1.165, 1.54) is 27.4 Å². The zero-order valence-electron chi connectivity index (χ0n) is 16.3. The second-order valence-electron chi connectivity index (χ2n) is 6.51. The molecule has 0 saturated heterocycles. The summed E-state index contributed by atoms with van der Waals surface area (Å²) >= 11 is 0. The van der Waals surface area contributed by atoms with Crippen molar-refractivity contribution in [3.8, 4) is 5.69 Å². The van der Waals surface area contributed by atoms with E-state index in [0.717, 1.165) is 18.5 Å². The Morgan fingerprint density at radius 3 is 2.45 bits per heavy atom. The van der Waals surface area contributed by atoms with Crippen LogP contribution in [0.2, 0.25) is 0 Å². The van der Waals surface area contributed by atoms with Crippen molar-refractivity contribution >= 4 is 21.6 Å². The van der Waals surface area contributed by atoms with Crippen LogP contribution in [-0.2, 0) is 10.0 Å². The molecule has 1 heterocycles. The normalized spacial score (nSPS) is 11.6. The zero-order chi connectivity index (χ0) is 20.9. The van der Waals surface area contributed by atoms with Crippen LogP contribution in [0.3, 0.4) is 0 Å². The third-order valence-electron chi connectivity index (χ3n) is 4.36. The van der Waals surface area contributed by atoms with Crippen molar-refractivity contribution in [3.63, 3.8) is 0 Å². The van der Waals surface area contributed by atoms with Gasteiger partial charge in [-0.3, -0.25) is 4.79 Å². The van der Waals surface area contributed by atoms with E-state index >= 15 is 0 Å². The van der Waals surface area contributed by atoms with E-state index in [4.69, 9.17) is 0 Å². The van der Waals surface area contributed by atoms with Gasteiger partial charge in [0.25, 0.3) is 5.91 Å². The standard InChI is InChI=1S/C20H23N5O3S/c1-3-4-14-24(2)29(27,28)18-12-10-16(11-13-18)22-20(26)19-15-21-25(23-19)17-8-6-5-7-9-17/h5-13,15H,3-4,14H2,1-2H3,(H,22,26). The van der Waals surface area contributed by atoms with Crippen LogP contribution in [0.15, 0.2) is 65.7 Å². The largest absolute Gasteiger partial charge is 0.321 e. The molecule has 0 aliphatic carbocycles. The van der Waals surface area contributed by atoms with Crippen molar-refractivity contribution in [2.24, 2.45) is 0 Å². The zero-order valence-corrected chi connectivity index (χ0v) is 17.1. The summed E-state index contributed by atoms with van der Waals surface area (Å²) in [6, 6.07) is 15.3. The molecule has 8 nitrogen and oxygen atoms in total. The van der Waals surface area contributed by atoms with Crippen molar-refractivity contribution in [1.29, 1.82) is 0 Å². The predicted octanol–water partition coefficient (Wildman–Crippen LogP) is 2.94. The number of hydrogen-bond acceptors (Lipinski definition) is 5. The van der Waals surface area contributed by atoms with Crippen LogP contribution in [0.1, 0.15) is 30.3 Å². The van der Waals surface area contributed by atoms with Crippen LogP contribution in [0.25, 0.3) is 5.69 Å². The molecule has 0 fully saturated rings. The van der Waals surface area contributed by atoms with E-state index in [2.05, 4.69) is 15.5 Å². The summed E-state index contributed by atoms with van der Waals surface area (Å²) in [6.45, 7) is 2.48. The van der Waals surface area contributed by atoms with Gasteiger partial charge in [0, 0.05) is 19.3 Å². The fourth-order valence-corrected chi connectivity index (χ4v) is 3.85. The van der Waals surface area contributed by atoms with Crippen LogP contribution in [0, 0.1) is 0 Å². The number of benzene rings is 2. The van der Waals surface area contributed by atoms with Gasteiger partial charge in [-0.25, -0.2) is 12.7 Å². The van der Waals surface area contributed by atoms with E-state index in [1.807, 2.05) is 37.3 Å². The molecular formula is C20H23N5O3S. The van der Waals surface area contributed by atoms with Crippen molar-refractivity contribution in [3.05, 3.63) is 66.5 Å². The Hall–Kier alpha value is -3.04. The molecule has 3 rings (SSSR count). The lowest BCUT2D eigenvalue weighted by Gasteiger charge is -2.17. The molecule has 0 bridgehead atoms. The van der Waals surface area contributed by atoms with Crippen LogP contribution in [-0.4, -0.2) is 47.2 Å². The monoisotopic (exact) mass is 413 g/mol. The summed E-state index contributed by atoms with van der Waals surface area (Å²) in [5.74, 6) is -0.428. The quantitative estimate of drug-likeness (QED) is 0.612. The van der Waals surface area contributed by atoms with Crippen LogP contribution in [0.5, 0.6) is 0 Å². The van der Waals surface area contributed by atoms with E-state index in [9.17, 15) is 13.2 Å². The first-order valence-corrected chi connectivity index (χ1v) is 10.7. The molecule has 0 aliphatic heterocycles. The first kappa shape index (κ1) is 20.7. The highest BCUT2D eigenvalue weighted by Gasteiger charge is 2.20. The summed E-state index contributed by atoms with van der Waals surface area (Å²) < 4.78 is 26.4. The highest BCUT2D eigenvalue weighted by molar-refractivity contribution is 7.89. The van der Waals surface area contributed by atoms with Crippen molar-refractivity contribution < 1.29 is 13.2 Å². The molecule has 1 amide bonds. The van der Waals surface area contributed by atoms with Crippen LogP contribution >= 0.6 is 0 Å². The Morgan fingerprint density at radius 1 is 1.10 bits per heavy atom. The molecule has 3 aromatic rings. The Labute approximate surface area is 170 Å². The number of aromatic nitrogens is 3. The fourth-order valence-electron chi connectivity index (χ4n) is 2.64. The number of nitrogens with one attached hydrogen (secondary N) is 1. The maximum absolute atomic E-state index is 12.5. The lowest BCUT2D eigenvalue weighted by Crippen LogP contribution is -2.27. The number of amides is 1. The molecule has 2 aromatic carbocycles. The Kier molecular flexibility index (Phi) is 6.40. The molecule has 1 aromatic heterocycles.